The molecule has 1 amide bonds. The summed E-state index contributed by atoms with van der Waals surface area (Å²) in [5.74, 6) is -0.580. The van der Waals surface area contributed by atoms with Crippen molar-refractivity contribution >= 4 is 23.5 Å². The number of aromatic nitrogens is 3. The lowest BCUT2D eigenvalue weighted by Gasteiger charge is -2.32. The van der Waals surface area contributed by atoms with Gasteiger partial charge in [-0.25, -0.2) is 14.5 Å². The number of carbonyl (C=O) groups is 2. The van der Waals surface area contributed by atoms with Gasteiger partial charge in [0, 0.05) is 6.04 Å². The average Bonchev–Trinajstić information content (AvgIpc) is 3.22. The van der Waals surface area contributed by atoms with Crippen molar-refractivity contribution in [2.24, 2.45) is 5.92 Å². The van der Waals surface area contributed by atoms with Gasteiger partial charge >= 0.3 is 5.97 Å². The fraction of sp³-hybridized carbons (Fsp3) is 0.474. The van der Waals surface area contributed by atoms with Gasteiger partial charge in [0.1, 0.15) is 11.9 Å². The van der Waals surface area contributed by atoms with E-state index in [0.29, 0.717) is 23.0 Å². The van der Waals surface area contributed by atoms with Crippen molar-refractivity contribution in [1.29, 1.82) is 0 Å². The van der Waals surface area contributed by atoms with Crippen LogP contribution in [0.5, 0.6) is 0 Å². The Bertz CT molecular complexity index is 897. The number of rotatable bonds is 3. The van der Waals surface area contributed by atoms with E-state index < -0.39 is 17.9 Å². The lowest BCUT2D eigenvalue weighted by atomic mass is 9.85. The van der Waals surface area contributed by atoms with E-state index >= 15 is 0 Å². The molecule has 1 aromatic carbocycles. The van der Waals surface area contributed by atoms with Gasteiger partial charge in [0.15, 0.2) is 0 Å². The summed E-state index contributed by atoms with van der Waals surface area (Å²) in [4.78, 5) is 30.8. The smallest absolute Gasteiger partial charge is 0.326 e. The molecule has 1 saturated carbocycles. The van der Waals surface area contributed by atoms with Crippen LogP contribution in [0, 0.1) is 12.8 Å². The zero-order chi connectivity index (χ0) is 19.1. The Morgan fingerprint density at radius 3 is 2.70 bits per heavy atom. The largest absolute Gasteiger partial charge is 0.480 e. The van der Waals surface area contributed by atoms with Crippen molar-refractivity contribution < 1.29 is 14.7 Å². The molecule has 2 fully saturated rings. The molecule has 8 heteroatoms. The van der Waals surface area contributed by atoms with Crippen LogP contribution in [-0.4, -0.2) is 48.7 Å². The van der Waals surface area contributed by atoms with E-state index in [0.717, 1.165) is 25.7 Å². The van der Waals surface area contributed by atoms with Crippen LogP contribution >= 0.6 is 11.6 Å². The number of fused-ring (bicyclic) bond motifs is 1. The lowest BCUT2D eigenvalue weighted by molar-refractivity contribution is -0.141. The van der Waals surface area contributed by atoms with Crippen molar-refractivity contribution in [1.82, 2.24) is 19.7 Å². The summed E-state index contributed by atoms with van der Waals surface area (Å²) in [5, 5.41) is 14.5. The predicted octanol–water partition coefficient (Wildman–Crippen LogP) is 3.09. The highest BCUT2D eigenvalue weighted by Crippen LogP contribution is 2.40. The number of carboxylic acid groups (broad SMARTS) is 1. The normalized spacial score (nSPS) is 24.7. The Morgan fingerprint density at radius 2 is 1.96 bits per heavy atom. The van der Waals surface area contributed by atoms with Gasteiger partial charge in [0.2, 0.25) is 5.82 Å². The SMILES string of the molecule is Cc1nc(C(=O)N2[C@@H]3CCCC[C@H]3C[C@H]2C(=O)O)nn1-c1ccccc1Cl. The van der Waals surface area contributed by atoms with E-state index in [2.05, 4.69) is 10.1 Å². The topological polar surface area (TPSA) is 88.3 Å². The van der Waals surface area contributed by atoms with Crippen LogP contribution in [0.25, 0.3) is 5.69 Å². The highest BCUT2D eigenvalue weighted by atomic mass is 35.5. The van der Waals surface area contributed by atoms with Crippen molar-refractivity contribution in [3.63, 3.8) is 0 Å². The Morgan fingerprint density at radius 1 is 1.22 bits per heavy atom. The average molecular weight is 389 g/mol. The number of carboxylic acids is 1. The number of aliphatic carboxylic acids is 1. The molecule has 1 aliphatic heterocycles. The number of benzene rings is 1. The predicted molar refractivity (Wildman–Crippen MR) is 99.1 cm³/mol. The highest BCUT2D eigenvalue weighted by Gasteiger charge is 2.48. The monoisotopic (exact) mass is 388 g/mol. The van der Waals surface area contributed by atoms with Crippen LogP contribution < -0.4 is 0 Å². The van der Waals surface area contributed by atoms with E-state index in [9.17, 15) is 14.7 Å². The summed E-state index contributed by atoms with van der Waals surface area (Å²) in [6.45, 7) is 1.75. The van der Waals surface area contributed by atoms with Crippen molar-refractivity contribution in [2.75, 3.05) is 0 Å². The van der Waals surface area contributed by atoms with Gasteiger partial charge in [-0.1, -0.05) is 36.6 Å². The third-order valence-electron chi connectivity index (χ3n) is 5.65. The Kier molecular flexibility index (Phi) is 4.63. The first kappa shape index (κ1) is 18.0. The number of aryl methyl sites for hydroxylation is 1. The van der Waals surface area contributed by atoms with E-state index in [1.165, 1.54) is 9.58 Å². The second-order valence-corrected chi connectivity index (χ2v) is 7.67. The Hall–Kier alpha value is -2.41. The van der Waals surface area contributed by atoms with Crippen molar-refractivity contribution in [2.45, 2.75) is 51.1 Å². The molecule has 0 spiro atoms. The first-order chi connectivity index (χ1) is 13.0. The maximum Gasteiger partial charge on any atom is 0.326 e. The summed E-state index contributed by atoms with van der Waals surface area (Å²) < 4.78 is 1.53. The first-order valence-electron chi connectivity index (χ1n) is 9.21. The molecular formula is C19H21ClN4O3. The van der Waals surface area contributed by atoms with Gasteiger partial charge < -0.3 is 10.0 Å². The fourth-order valence-corrected chi connectivity index (χ4v) is 4.64. The molecular weight excluding hydrogens is 368 g/mol. The van der Waals surface area contributed by atoms with Crippen LogP contribution in [0.15, 0.2) is 24.3 Å². The summed E-state index contributed by atoms with van der Waals surface area (Å²) in [5.41, 5.74) is 0.634. The Labute approximate surface area is 161 Å². The van der Waals surface area contributed by atoms with Gasteiger partial charge in [0.25, 0.3) is 5.91 Å². The summed E-state index contributed by atoms with van der Waals surface area (Å²) in [7, 11) is 0. The fourth-order valence-electron chi connectivity index (χ4n) is 4.42. The molecule has 0 unspecified atom stereocenters. The molecule has 1 N–H and O–H groups in total. The third-order valence-corrected chi connectivity index (χ3v) is 5.97. The maximum atomic E-state index is 13.2. The molecule has 1 aromatic heterocycles. The minimum absolute atomic E-state index is 0.0184. The van der Waals surface area contributed by atoms with E-state index in [1.807, 2.05) is 12.1 Å². The summed E-state index contributed by atoms with van der Waals surface area (Å²) in [6, 6.07) is 6.34. The number of halogens is 1. The minimum atomic E-state index is -0.958. The molecule has 142 valence electrons. The van der Waals surface area contributed by atoms with Crippen LogP contribution in [0.3, 0.4) is 0 Å². The van der Waals surface area contributed by atoms with Gasteiger partial charge in [-0.15, -0.1) is 5.10 Å². The molecule has 4 rings (SSSR count). The van der Waals surface area contributed by atoms with Gasteiger partial charge in [-0.05, 0) is 44.2 Å². The van der Waals surface area contributed by atoms with Crippen LogP contribution in [0.2, 0.25) is 5.02 Å². The quantitative estimate of drug-likeness (QED) is 0.872. The van der Waals surface area contributed by atoms with E-state index in [4.69, 9.17) is 11.6 Å². The molecule has 27 heavy (non-hydrogen) atoms. The van der Waals surface area contributed by atoms with Gasteiger partial charge in [0.05, 0.1) is 10.7 Å². The standard InChI is InChI=1S/C19H21ClN4O3/c1-11-21-17(22-24(11)15-9-5-3-7-13(15)20)18(25)23-14-8-4-2-6-12(14)10-16(23)19(26)27/h3,5,7,9,12,14,16H,2,4,6,8,10H2,1H3,(H,26,27)/t12-,14+,16-/m0/s1. The van der Waals surface area contributed by atoms with Gasteiger partial charge in [-0.3, -0.25) is 4.79 Å². The number of para-hydroxylation sites is 1. The highest BCUT2D eigenvalue weighted by molar-refractivity contribution is 6.32. The molecule has 2 aromatic rings. The van der Waals surface area contributed by atoms with Crippen LogP contribution in [-0.2, 0) is 4.79 Å². The maximum absolute atomic E-state index is 13.2. The summed E-state index contributed by atoms with van der Waals surface area (Å²) in [6.07, 6.45) is 4.42. The zero-order valence-corrected chi connectivity index (χ0v) is 15.8. The third kappa shape index (κ3) is 3.10. The second kappa shape index (κ2) is 6.96. The van der Waals surface area contributed by atoms with Gasteiger partial charge in [-0.2, -0.15) is 0 Å². The molecule has 3 atom stereocenters. The molecule has 0 bridgehead atoms. The number of nitrogens with zero attached hydrogens (tertiary/aromatic N) is 4. The molecule has 7 nitrogen and oxygen atoms in total. The first-order valence-corrected chi connectivity index (χ1v) is 9.59. The summed E-state index contributed by atoms with van der Waals surface area (Å²) >= 11 is 6.24. The second-order valence-electron chi connectivity index (χ2n) is 7.26. The number of hydrogen-bond acceptors (Lipinski definition) is 4. The molecule has 1 aliphatic carbocycles. The van der Waals surface area contributed by atoms with E-state index in [1.54, 1.807) is 19.1 Å². The number of amides is 1. The van der Waals surface area contributed by atoms with Crippen LogP contribution in [0.1, 0.15) is 48.5 Å². The molecule has 2 heterocycles. The minimum Gasteiger partial charge on any atom is -0.480 e. The Balaban J connectivity index is 1.69. The number of likely N-dealkylation sites (tertiary alicyclic amines) is 1. The zero-order valence-electron chi connectivity index (χ0n) is 15.0. The number of carbonyl (C=O) groups excluding carboxylic acids is 1. The molecule has 1 saturated heterocycles. The van der Waals surface area contributed by atoms with E-state index in [-0.39, 0.29) is 17.8 Å². The van der Waals surface area contributed by atoms with Crippen LogP contribution in [0.4, 0.5) is 0 Å². The molecule has 0 radical (unpaired) electrons. The van der Waals surface area contributed by atoms with Crippen molar-refractivity contribution in [3.8, 4) is 5.69 Å². The lowest BCUT2D eigenvalue weighted by Crippen LogP contribution is -2.46. The molecule has 2 aliphatic rings. The number of hydrogen-bond donors (Lipinski definition) is 1. The van der Waals surface area contributed by atoms with Crippen molar-refractivity contribution in [3.05, 3.63) is 40.9 Å².